The fraction of sp³-hybridized carbons (Fsp3) is 0.524. The van der Waals surface area contributed by atoms with Gasteiger partial charge in [-0.3, -0.25) is 24.6 Å². The van der Waals surface area contributed by atoms with Gasteiger partial charge in [0.1, 0.15) is 6.54 Å². The Morgan fingerprint density at radius 2 is 1.80 bits per heavy atom. The molecular formula is C21H23N3O4S2. The number of amides is 5. The molecule has 1 saturated heterocycles. The summed E-state index contributed by atoms with van der Waals surface area (Å²) in [6.07, 6.45) is 8.39. The van der Waals surface area contributed by atoms with Gasteiger partial charge in [0.2, 0.25) is 5.91 Å². The standard InChI is InChI=1S/C21H23N3O4S2/c25-17(11-24-18(26)16(30-20(24)28)7-15-2-1-3-29-15)22-19(27)23-21-8-12-4-13(9-21)6-14(5-12)10-21/h1-3,7,12-14H,4-6,8-11H2,(H2,22,23,25,27)/b16-7-. The Kier molecular flexibility index (Phi) is 4.97. The van der Waals surface area contributed by atoms with E-state index in [9.17, 15) is 19.2 Å². The number of urea groups is 1. The quantitative estimate of drug-likeness (QED) is 0.691. The summed E-state index contributed by atoms with van der Waals surface area (Å²) in [6.45, 7) is -0.458. The number of carbonyl (C=O) groups is 4. The zero-order valence-corrected chi connectivity index (χ0v) is 18.0. The van der Waals surface area contributed by atoms with Crippen molar-refractivity contribution < 1.29 is 19.2 Å². The lowest BCUT2D eigenvalue weighted by Crippen LogP contribution is -2.62. The molecule has 0 aromatic carbocycles. The van der Waals surface area contributed by atoms with Crippen molar-refractivity contribution in [2.75, 3.05) is 6.54 Å². The maximum absolute atomic E-state index is 12.5. The highest BCUT2D eigenvalue weighted by molar-refractivity contribution is 8.18. The third kappa shape index (κ3) is 3.80. The SMILES string of the molecule is O=C(CN1C(=O)S/C(=C\c2cccs2)C1=O)NC(=O)NC12CC3CC(CC(C3)C1)C2. The predicted molar refractivity (Wildman–Crippen MR) is 115 cm³/mol. The Morgan fingerprint density at radius 1 is 1.13 bits per heavy atom. The van der Waals surface area contributed by atoms with Crippen molar-refractivity contribution in [2.45, 2.75) is 44.1 Å². The van der Waals surface area contributed by atoms with E-state index in [1.54, 1.807) is 6.08 Å². The Morgan fingerprint density at radius 3 is 2.40 bits per heavy atom. The minimum absolute atomic E-state index is 0.204. The van der Waals surface area contributed by atoms with Gasteiger partial charge in [-0.2, -0.15) is 0 Å². The van der Waals surface area contributed by atoms with Crippen molar-refractivity contribution in [2.24, 2.45) is 17.8 Å². The first kappa shape index (κ1) is 19.8. The van der Waals surface area contributed by atoms with Crippen LogP contribution in [0.5, 0.6) is 0 Å². The number of hydrogen-bond acceptors (Lipinski definition) is 6. The molecule has 1 aromatic heterocycles. The van der Waals surface area contributed by atoms with E-state index in [4.69, 9.17) is 0 Å². The molecule has 7 nitrogen and oxygen atoms in total. The summed E-state index contributed by atoms with van der Waals surface area (Å²) in [5.41, 5.74) is -0.204. The molecule has 158 valence electrons. The molecule has 2 N–H and O–H groups in total. The minimum Gasteiger partial charge on any atom is -0.332 e. The van der Waals surface area contributed by atoms with E-state index in [1.165, 1.54) is 30.6 Å². The summed E-state index contributed by atoms with van der Waals surface area (Å²) in [4.78, 5) is 51.6. The smallest absolute Gasteiger partial charge is 0.321 e. The molecule has 5 aliphatic rings. The molecule has 5 fully saturated rings. The van der Waals surface area contributed by atoms with Crippen molar-refractivity contribution in [3.05, 3.63) is 27.3 Å². The molecular weight excluding hydrogens is 422 g/mol. The Bertz CT molecular complexity index is 905. The summed E-state index contributed by atoms with van der Waals surface area (Å²) in [5.74, 6) is 0.875. The van der Waals surface area contributed by atoms with Gasteiger partial charge in [0, 0.05) is 10.4 Å². The van der Waals surface area contributed by atoms with Crippen LogP contribution >= 0.6 is 23.1 Å². The van der Waals surface area contributed by atoms with Gasteiger partial charge < -0.3 is 5.32 Å². The van der Waals surface area contributed by atoms with Crippen LogP contribution in [0.4, 0.5) is 9.59 Å². The molecule has 1 aromatic rings. The van der Waals surface area contributed by atoms with E-state index in [2.05, 4.69) is 10.6 Å². The van der Waals surface area contributed by atoms with E-state index in [-0.39, 0.29) is 10.4 Å². The molecule has 0 spiro atoms. The van der Waals surface area contributed by atoms with E-state index in [0.29, 0.717) is 17.8 Å². The van der Waals surface area contributed by atoms with Gasteiger partial charge in [0.15, 0.2) is 0 Å². The normalized spacial score (nSPS) is 33.4. The van der Waals surface area contributed by atoms with E-state index >= 15 is 0 Å². The lowest BCUT2D eigenvalue weighted by Gasteiger charge is -2.56. The average Bonchev–Trinajstić information content (AvgIpc) is 3.24. The van der Waals surface area contributed by atoms with Crippen molar-refractivity contribution in [1.82, 2.24) is 15.5 Å². The fourth-order valence-electron chi connectivity index (χ4n) is 5.98. The van der Waals surface area contributed by atoms with E-state index in [1.807, 2.05) is 17.5 Å². The maximum Gasteiger partial charge on any atom is 0.321 e. The highest BCUT2D eigenvalue weighted by Gasteiger charge is 2.51. The zero-order valence-electron chi connectivity index (χ0n) is 16.4. The van der Waals surface area contributed by atoms with Crippen LogP contribution in [0.1, 0.15) is 43.4 Å². The molecule has 30 heavy (non-hydrogen) atoms. The molecule has 9 heteroatoms. The largest absolute Gasteiger partial charge is 0.332 e. The first-order valence-electron chi connectivity index (χ1n) is 10.3. The van der Waals surface area contributed by atoms with Crippen LogP contribution in [-0.2, 0) is 9.59 Å². The Labute approximate surface area is 182 Å². The number of thiophene rings is 1. The van der Waals surface area contributed by atoms with Crippen molar-refractivity contribution in [3.8, 4) is 0 Å². The van der Waals surface area contributed by atoms with Crippen LogP contribution in [0, 0.1) is 17.8 Å². The molecule has 6 rings (SSSR count). The van der Waals surface area contributed by atoms with E-state index in [0.717, 1.165) is 40.8 Å². The van der Waals surface area contributed by atoms with Crippen molar-refractivity contribution in [1.29, 1.82) is 0 Å². The summed E-state index contributed by atoms with van der Waals surface area (Å²) in [6, 6.07) is 3.18. The number of rotatable bonds is 4. The second-order valence-corrected chi connectivity index (χ2v) is 11.0. The average molecular weight is 446 g/mol. The second-order valence-electron chi connectivity index (χ2n) is 8.98. The van der Waals surface area contributed by atoms with Crippen molar-refractivity contribution in [3.63, 3.8) is 0 Å². The predicted octanol–water partition coefficient (Wildman–Crippen LogP) is 3.58. The summed E-state index contributed by atoms with van der Waals surface area (Å²) in [7, 11) is 0. The highest BCUT2D eigenvalue weighted by Crippen LogP contribution is 2.55. The fourth-order valence-corrected chi connectivity index (χ4v) is 7.55. The van der Waals surface area contributed by atoms with Gasteiger partial charge in [-0.1, -0.05) is 6.07 Å². The molecule has 0 unspecified atom stereocenters. The van der Waals surface area contributed by atoms with Crippen LogP contribution < -0.4 is 10.6 Å². The van der Waals surface area contributed by atoms with Crippen LogP contribution in [0.25, 0.3) is 6.08 Å². The van der Waals surface area contributed by atoms with Gasteiger partial charge >= 0.3 is 6.03 Å². The van der Waals surface area contributed by atoms with Gasteiger partial charge in [0.05, 0.1) is 4.91 Å². The molecule has 2 heterocycles. The summed E-state index contributed by atoms with van der Waals surface area (Å²) < 4.78 is 0. The number of nitrogens with one attached hydrogen (secondary N) is 2. The second kappa shape index (κ2) is 7.53. The van der Waals surface area contributed by atoms with Crippen LogP contribution in [0.3, 0.4) is 0 Å². The highest BCUT2D eigenvalue weighted by atomic mass is 32.2. The van der Waals surface area contributed by atoms with E-state index < -0.39 is 29.6 Å². The van der Waals surface area contributed by atoms with Crippen LogP contribution in [0.15, 0.2) is 22.4 Å². The van der Waals surface area contributed by atoms with Crippen molar-refractivity contribution >= 4 is 52.3 Å². The number of carbonyl (C=O) groups excluding carboxylic acids is 4. The van der Waals surface area contributed by atoms with Gasteiger partial charge in [-0.05, 0) is 85.6 Å². The van der Waals surface area contributed by atoms with Crippen LogP contribution in [-0.4, -0.2) is 40.1 Å². The third-order valence-electron chi connectivity index (χ3n) is 6.66. The number of hydrogen-bond donors (Lipinski definition) is 2. The maximum atomic E-state index is 12.5. The molecule has 4 aliphatic carbocycles. The lowest BCUT2D eigenvalue weighted by atomic mass is 9.53. The molecule has 1 aliphatic heterocycles. The number of thioether (sulfide) groups is 1. The Hall–Kier alpha value is -2.13. The molecule has 5 amide bonds. The molecule has 4 bridgehead atoms. The monoisotopic (exact) mass is 445 g/mol. The number of nitrogens with zero attached hydrogens (tertiary/aromatic N) is 1. The molecule has 0 radical (unpaired) electrons. The van der Waals surface area contributed by atoms with Gasteiger partial charge in [-0.25, -0.2) is 4.79 Å². The minimum atomic E-state index is -0.656. The lowest BCUT2D eigenvalue weighted by molar-refractivity contribution is -0.128. The first-order chi connectivity index (χ1) is 14.4. The topological polar surface area (TPSA) is 95.6 Å². The van der Waals surface area contributed by atoms with Gasteiger partial charge in [0.25, 0.3) is 11.1 Å². The Balaban J connectivity index is 1.18. The zero-order chi connectivity index (χ0) is 20.9. The molecule has 0 atom stereocenters. The molecule has 4 saturated carbocycles. The summed E-state index contributed by atoms with van der Waals surface area (Å²) >= 11 is 2.27. The third-order valence-corrected chi connectivity index (χ3v) is 8.39. The van der Waals surface area contributed by atoms with Gasteiger partial charge in [-0.15, -0.1) is 11.3 Å². The number of imide groups is 2. The van der Waals surface area contributed by atoms with Crippen LogP contribution in [0.2, 0.25) is 0 Å². The first-order valence-corrected chi connectivity index (χ1v) is 12.0. The summed E-state index contributed by atoms with van der Waals surface area (Å²) in [5, 5.41) is 6.77.